The van der Waals surface area contributed by atoms with E-state index in [0.29, 0.717) is 4.47 Å². The van der Waals surface area contributed by atoms with Crippen molar-refractivity contribution in [3.05, 3.63) is 38.3 Å². The molecule has 104 valence electrons. The first kappa shape index (κ1) is 15.6. The fourth-order valence-corrected chi connectivity index (χ4v) is 1.90. The first-order valence-electron chi connectivity index (χ1n) is 5.72. The lowest BCUT2D eigenvalue weighted by molar-refractivity contribution is -0.384. The monoisotopic (exact) mass is 330 g/mol. The second-order valence-electron chi connectivity index (χ2n) is 4.43. The van der Waals surface area contributed by atoms with Gasteiger partial charge in [0.15, 0.2) is 0 Å². The molecule has 0 aliphatic rings. The van der Waals surface area contributed by atoms with Crippen LogP contribution in [0.25, 0.3) is 0 Å². The van der Waals surface area contributed by atoms with Gasteiger partial charge in [0.1, 0.15) is 0 Å². The summed E-state index contributed by atoms with van der Waals surface area (Å²) in [6, 6.07) is 3.58. The Morgan fingerprint density at radius 2 is 2.16 bits per heavy atom. The fraction of sp³-hybridized carbons (Fsp3) is 0.417. The zero-order chi connectivity index (χ0) is 14.6. The predicted octanol–water partition coefficient (Wildman–Crippen LogP) is 2.10. The number of benzene rings is 1. The lowest BCUT2D eigenvalue weighted by Crippen LogP contribution is -2.41. The summed E-state index contributed by atoms with van der Waals surface area (Å²) in [5.74, 6) is -0.394. The van der Waals surface area contributed by atoms with Crippen molar-refractivity contribution in [1.29, 1.82) is 0 Å². The number of aliphatic hydroxyl groups is 1. The Kier molecular flexibility index (Phi) is 5.44. The average molecular weight is 331 g/mol. The van der Waals surface area contributed by atoms with E-state index in [0.717, 1.165) is 0 Å². The number of nitro groups is 1. The Balaban J connectivity index is 2.99. The van der Waals surface area contributed by atoms with Gasteiger partial charge in [-0.3, -0.25) is 14.9 Å². The Morgan fingerprint density at radius 1 is 1.53 bits per heavy atom. The number of amides is 1. The number of nitrogens with zero attached hydrogens (tertiary/aromatic N) is 1. The van der Waals surface area contributed by atoms with Gasteiger partial charge in [0, 0.05) is 16.6 Å². The van der Waals surface area contributed by atoms with Crippen LogP contribution in [-0.4, -0.2) is 28.6 Å². The van der Waals surface area contributed by atoms with Crippen molar-refractivity contribution in [1.82, 2.24) is 5.32 Å². The fourth-order valence-electron chi connectivity index (χ4n) is 1.47. The van der Waals surface area contributed by atoms with Crippen molar-refractivity contribution in [2.45, 2.75) is 19.9 Å². The molecule has 1 rings (SSSR count). The summed E-state index contributed by atoms with van der Waals surface area (Å²) >= 11 is 3.18. The van der Waals surface area contributed by atoms with E-state index in [4.69, 9.17) is 5.11 Å². The molecule has 19 heavy (non-hydrogen) atoms. The molecular weight excluding hydrogens is 316 g/mol. The summed E-state index contributed by atoms with van der Waals surface area (Å²) in [5.41, 5.74) is 0.0201. The standard InChI is InChI=1S/C12H15BrN2O4/c1-7(2)11(6-16)14-12(17)9-5-8(15(18)19)3-4-10(9)13/h3-5,7,11,16H,6H2,1-2H3,(H,14,17). The van der Waals surface area contributed by atoms with Gasteiger partial charge in [-0.2, -0.15) is 0 Å². The maximum Gasteiger partial charge on any atom is 0.270 e. The summed E-state index contributed by atoms with van der Waals surface area (Å²) in [6.45, 7) is 3.54. The maximum atomic E-state index is 12.0. The van der Waals surface area contributed by atoms with Crippen LogP contribution in [0.2, 0.25) is 0 Å². The van der Waals surface area contributed by atoms with E-state index in [-0.39, 0.29) is 23.8 Å². The third-order valence-corrected chi connectivity index (χ3v) is 3.41. The molecule has 7 heteroatoms. The molecule has 0 fully saturated rings. The topological polar surface area (TPSA) is 92.5 Å². The SMILES string of the molecule is CC(C)C(CO)NC(=O)c1cc([N+](=O)[O-])ccc1Br. The van der Waals surface area contributed by atoms with Gasteiger partial charge in [-0.25, -0.2) is 0 Å². The summed E-state index contributed by atoms with van der Waals surface area (Å²) in [7, 11) is 0. The van der Waals surface area contributed by atoms with Gasteiger partial charge in [0.25, 0.3) is 11.6 Å². The molecule has 0 saturated heterocycles. The second-order valence-corrected chi connectivity index (χ2v) is 5.28. The summed E-state index contributed by atoms with van der Waals surface area (Å²) in [6.07, 6.45) is 0. The highest BCUT2D eigenvalue weighted by Crippen LogP contribution is 2.22. The number of nitrogens with one attached hydrogen (secondary N) is 1. The number of non-ortho nitro benzene ring substituents is 1. The number of hydrogen-bond acceptors (Lipinski definition) is 4. The molecule has 0 radical (unpaired) electrons. The number of aliphatic hydroxyl groups excluding tert-OH is 1. The highest BCUT2D eigenvalue weighted by atomic mass is 79.9. The molecule has 1 atom stereocenters. The van der Waals surface area contributed by atoms with Crippen LogP contribution in [0.5, 0.6) is 0 Å². The van der Waals surface area contributed by atoms with Gasteiger partial charge in [0.2, 0.25) is 0 Å². The van der Waals surface area contributed by atoms with E-state index < -0.39 is 16.9 Å². The maximum absolute atomic E-state index is 12.0. The summed E-state index contributed by atoms with van der Waals surface area (Å²) in [4.78, 5) is 22.2. The van der Waals surface area contributed by atoms with Crippen molar-refractivity contribution < 1.29 is 14.8 Å². The number of hydrogen-bond donors (Lipinski definition) is 2. The number of carbonyl (C=O) groups is 1. The van der Waals surface area contributed by atoms with Gasteiger partial charge in [-0.15, -0.1) is 0 Å². The molecule has 0 aromatic heterocycles. The molecule has 2 N–H and O–H groups in total. The zero-order valence-corrected chi connectivity index (χ0v) is 12.2. The summed E-state index contributed by atoms with van der Waals surface area (Å²) < 4.78 is 0.469. The zero-order valence-electron chi connectivity index (χ0n) is 10.6. The Morgan fingerprint density at radius 3 is 2.63 bits per heavy atom. The summed E-state index contributed by atoms with van der Waals surface area (Å²) in [5, 5.41) is 22.5. The highest BCUT2D eigenvalue weighted by molar-refractivity contribution is 9.10. The van der Waals surface area contributed by atoms with E-state index in [9.17, 15) is 14.9 Å². The van der Waals surface area contributed by atoms with Crippen molar-refractivity contribution in [3.63, 3.8) is 0 Å². The van der Waals surface area contributed by atoms with E-state index in [2.05, 4.69) is 21.2 Å². The third-order valence-electron chi connectivity index (χ3n) is 2.72. The molecule has 1 aromatic rings. The van der Waals surface area contributed by atoms with Crippen LogP contribution in [0.4, 0.5) is 5.69 Å². The second kappa shape index (κ2) is 6.63. The Labute approximate surface area is 119 Å². The van der Waals surface area contributed by atoms with Crippen LogP contribution in [0.3, 0.4) is 0 Å². The third kappa shape index (κ3) is 4.00. The van der Waals surface area contributed by atoms with E-state index in [1.165, 1.54) is 18.2 Å². The molecule has 0 bridgehead atoms. The minimum Gasteiger partial charge on any atom is -0.394 e. The minimum atomic E-state index is -0.560. The molecule has 1 amide bonds. The van der Waals surface area contributed by atoms with Crippen molar-refractivity contribution >= 4 is 27.5 Å². The van der Waals surface area contributed by atoms with Gasteiger partial charge >= 0.3 is 0 Å². The number of nitro benzene ring substituents is 1. The van der Waals surface area contributed by atoms with Crippen LogP contribution in [0.1, 0.15) is 24.2 Å². The lowest BCUT2D eigenvalue weighted by atomic mass is 10.0. The molecule has 0 saturated carbocycles. The molecule has 6 nitrogen and oxygen atoms in total. The highest BCUT2D eigenvalue weighted by Gasteiger charge is 2.20. The van der Waals surface area contributed by atoms with Crippen molar-refractivity contribution in [2.75, 3.05) is 6.61 Å². The van der Waals surface area contributed by atoms with E-state index in [1.54, 1.807) is 0 Å². The minimum absolute atomic E-state index is 0.0615. The van der Waals surface area contributed by atoms with Gasteiger partial charge in [-0.1, -0.05) is 13.8 Å². The van der Waals surface area contributed by atoms with E-state index in [1.807, 2.05) is 13.8 Å². The van der Waals surface area contributed by atoms with Gasteiger partial charge < -0.3 is 10.4 Å². The predicted molar refractivity (Wildman–Crippen MR) is 74.0 cm³/mol. The molecule has 1 aromatic carbocycles. The molecular formula is C12H15BrN2O4. The first-order chi connectivity index (χ1) is 8.86. The Hall–Kier alpha value is -1.47. The van der Waals surface area contributed by atoms with Crippen molar-refractivity contribution in [2.24, 2.45) is 5.92 Å². The normalized spacial score (nSPS) is 12.3. The number of carbonyl (C=O) groups excluding carboxylic acids is 1. The van der Waals surface area contributed by atoms with Crippen LogP contribution in [0.15, 0.2) is 22.7 Å². The Bertz CT molecular complexity index is 491. The molecule has 1 unspecified atom stereocenters. The smallest absolute Gasteiger partial charge is 0.270 e. The average Bonchev–Trinajstić information content (AvgIpc) is 2.35. The van der Waals surface area contributed by atoms with E-state index >= 15 is 0 Å². The van der Waals surface area contributed by atoms with Crippen molar-refractivity contribution in [3.8, 4) is 0 Å². The molecule has 0 heterocycles. The quantitative estimate of drug-likeness (QED) is 0.638. The van der Waals surface area contributed by atoms with Crippen LogP contribution >= 0.6 is 15.9 Å². The molecule has 0 aliphatic carbocycles. The van der Waals surface area contributed by atoms with Crippen LogP contribution < -0.4 is 5.32 Å². The molecule has 0 spiro atoms. The number of halogens is 1. The van der Waals surface area contributed by atoms with Crippen LogP contribution in [-0.2, 0) is 0 Å². The van der Waals surface area contributed by atoms with Gasteiger partial charge in [0.05, 0.1) is 23.1 Å². The molecule has 0 aliphatic heterocycles. The van der Waals surface area contributed by atoms with Crippen LogP contribution in [0, 0.1) is 16.0 Å². The van der Waals surface area contributed by atoms with Gasteiger partial charge in [-0.05, 0) is 27.9 Å². The first-order valence-corrected chi connectivity index (χ1v) is 6.51. The largest absolute Gasteiger partial charge is 0.394 e. The lowest BCUT2D eigenvalue weighted by Gasteiger charge is -2.20. The number of rotatable bonds is 5.